The van der Waals surface area contributed by atoms with E-state index in [0.717, 1.165) is 6.42 Å². The van der Waals surface area contributed by atoms with Crippen molar-refractivity contribution in [2.75, 3.05) is 6.61 Å². The molecule has 0 unspecified atom stereocenters. The third-order valence-electron chi connectivity index (χ3n) is 2.01. The van der Waals surface area contributed by atoms with Gasteiger partial charge in [0.15, 0.2) is 0 Å². The van der Waals surface area contributed by atoms with Gasteiger partial charge in [0.05, 0.1) is 12.7 Å². The van der Waals surface area contributed by atoms with Crippen LogP contribution in [0.25, 0.3) is 0 Å². The lowest BCUT2D eigenvalue weighted by atomic mass is 10.0. The lowest BCUT2D eigenvalue weighted by Crippen LogP contribution is -2.29. The summed E-state index contributed by atoms with van der Waals surface area (Å²) >= 11 is 0. The van der Waals surface area contributed by atoms with Crippen molar-refractivity contribution < 1.29 is 15.3 Å². The van der Waals surface area contributed by atoms with E-state index in [1.807, 2.05) is 13.8 Å². The third kappa shape index (κ3) is 4.56. The van der Waals surface area contributed by atoms with Crippen LogP contribution in [0.15, 0.2) is 23.8 Å². The van der Waals surface area contributed by atoms with Crippen LogP contribution in [-0.4, -0.2) is 34.1 Å². The summed E-state index contributed by atoms with van der Waals surface area (Å²) in [6, 6.07) is 0. The molecule has 0 aromatic heterocycles. The Morgan fingerprint density at radius 1 is 1.36 bits per heavy atom. The highest BCUT2D eigenvalue weighted by atomic mass is 16.3. The number of rotatable bonds is 6. The summed E-state index contributed by atoms with van der Waals surface area (Å²) in [6.07, 6.45) is 4.75. The highest BCUT2D eigenvalue weighted by molar-refractivity contribution is 5.17. The zero-order chi connectivity index (χ0) is 11.0. The molecule has 82 valence electrons. The molecule has 0 fully saturated rings. The van der Waals surface area contributed by atoms with Crippen molar-refractivity contribution in [3.8, 4) is 0 Å². The molecule has 0 spiro atoms. The van der Waals surface area contributed by atoms with Gasteiger partial charge in [-0.2, -0.15) is 0 Å². The number of aliphatic hydroxyl groups is 3. The first-order valence-electron chi connectivity index (χ1n) is 4.96. The zero-order valence-electron chi connectivity index (χ0n) is 8.85. The number of aliphatic hydroxyl groups excluding tert-OH is 3. The van der Waals surface area contributed by atoms with Crippen molar-refractivity contribution >= 4 is 0 Å². The minimum absolute atomic E-state index is 0.230. The Labute approximate surface area is 85.4 Å². The van der Waals surface area contributed by atoms with Gasteiger partial charge in [-0.25, -0.2) is 0 Å². The van der Waals surface area contributed by atoms with E-state index >= 15 is 0 Å². The van der Waals surface area contributed by atoms with Crippen LogP contribution in [0.4, 0.5) is 0 Å². The van der Waals surface area contributed by atoms with Crippen molar-refractivity contribution in [1.29, 1.82) is 0 Å². The molecule has 0 aliphatic heterocycles. The molecule has 0 aliphatic rings. The second-order valence-corrected chi connectivity index (χ2v) is 3.23. The van der Waals surface area contributed by atoms with Crippen LogP contribution in [-0.2, 0) is 0 Å². The van der Waals surface area contributed by atoms with Crippen LogP contribution in [0.3, 0.4) is 0 Å². The molecular formula is C11H20O3. The Bertz CT molecular complexity index is 197. The fraction of sp³-hybridized carbons (Fsp3) is 0.636. The number of hydrogen-bond acceptors (Lipinski definition) is 3. The summed E-state index contributed by atoms with van der Waals surface area (Å²) in [5.74, 6) is 0. The molecule has 0 heterocycles. The topological polar surface area (TPSA) is 60.7 Å². The van der Waals surface area contributed by atoms with Crippen LogP contribution in [0, 0.1) is 0 Å². The maximum absolute atomic E-state index is 9.62. The molecular weight excluding hydrogens is 180 g/mol. The van der Waals surface area contributed by atoms with Crippen LogP contribution >= 0.6 is 0 Å². The Hall–Kier alpha value is -0.640. The van der Waals surface area contributed by atoms with E-state index in [4.69, 9.17) is 5.11 Å². The summed E-state index contributed by atoms with van der Waals surface area (Å²) in [5, 5.41) is 28.1. The van der Waals surface area contributed by atoms with Gasteiger partial charge in [-0.15, -0.1) is 0 Å². The minimum atomic E-state index is -0.962. The first kappa shape index (κ1) is 13.4. The molecule has 2 atom stereocenters. The molecule has 0 saturated heterocycles. The summed E-state index contributed by atoms with van der Waals surface area (Å²) in [5.41, 5.74) is 0.448. The average Bonchev–Trinajstić information content (AvgIpc) is 2.19. The van der Waals surface area contributed by atoms with Gasteiger partial charge in [-0.05, 0) is 18.9 Å². The van der Waals surface area contributed by atoms with Crippen molar-refractivity contribution in [3.63, 3.8) is 0 Å². The van der Waals surface area contributed by atoms with Crippen molar-refractivity contribution in [2.24, 2.45) is 0 Å². The highest BCUT2D eigenvalue weighted by Crippen LogP contribution is 2.11. The van der Waals surface area contributed by atoms with Crippen LogP contribution in [0.5, 0.6) is 0 Å². The fourth-order valence-electron chi connectivity index (χ4n) is 1.17. The van der Waals surface area contributed by atoms with Gasteiger partial charge in [0.25, 0.3) is 0 Å². The largest absolute Gasteiger partial charge is 0.392 e. The molecule has 0 amide bonds. The van der Waals surface area contributed by atoms with E-state index in [0.29, 0.717) is 12.0 Å². The van der Waals surface area contributed by atoms with Crippen LogP contribution in [0.2, 0.25) is 0 Å². The molecule has 0 radical (unpaired) electrons. The van der Waals surface area contributed by atoms with Gasteiger partial charge in [0, 0.05) is 0 Å². The first-order valence-corrected chi connectivity index (χ1v) is 4.96. The maximum atomic E-state index is 9.62. The van der Waals surface area contributed by atoms with Crippen LogP contribution in [0.1, 0.15) is 26.7 Å². The first-order chi connectivity index (χ1) is 6.67. The number of hydrogen-bond donors (Lipinski definition) is 3. The molecule has 3 heteroatoms. The fourth-order valence-corrected chi connectivity index (χ4v) is 1.17. The summed E-state index contributed by atoms with van der Waals surface area (Å²) in [7, 11) is 0. The molecule has 0 bridgehead atoms. The van der Waals surface area contributed by atoms with Gasteiger partial charge >= 0.3 is 0 Å². The molecule has 14 heavy (non-hydrogen) atoms. The van der Waals surface area contributed by atoms with Gasteiger partial charge in [-0.1, -0.05) is 31.6 Å². The lowest BCUT2D eigenvalue weighted by Gasteiger charge is -2.18. The van der Waals surface area contributed by atoms with E-state index in [1.54, 1.807) is 18.2 Å². The van der Waals surface area contributed by atoms with Gasteiger partial charge in [-0.3, -0.25) is 0 Å². The quantitative estimate of drug-likeness (QED) is 0.561. The van der Waals surface area contributed by atoms with Crippen LogP contribution < -0.4 is 0 Å². The second kappa shape index (κ2) is 7.74. The monoisotopic (exact) mass is 200 g/mol. The van der Waals surface area contributed by atoms with Crippen molar-refractivity contribution in [3.05, 3.63) is 23.8 Å². The minimum Gasteiger partial charge on any atom is -0.392 e. The molecule has 0 saturated carbocycles. The normalized spacial score (nSPS) is 17.4. The predicted molar refractivity (Wildman–Crippen MR) is 56.9 cm³/mol. The van der Waals surface area contributed by atoms with Crippen molar-refractivity contribution in [2.45, 2.75) is 38.9 Å². The van der Waals surface area contributed by atoms with Gasteiger partial charge < -0.3 is 15.3 Å². The maximum Gasteiger partial charge on any atom is 0.103 e. The van der Waals surface area contributed by atoms with Crippen molar-refractivity contribution in [1.82, 2.24) is 0 Å². The summed E-state index contributed by atoms with van der Waals surface area (Å²) in [4.78, 5) is 0. The summed E-state index contributed by atoms with van der Waals surface area (Å²) < 4.78 is 0. The second-order valence-electron chi connectivity index (χ2n) is 3.23. The Kier molecular flexibility index (Phi) is 7.38. The Morgan fingerprint density at radius 2 is 2.00 bits per heavy atom. The van der Waals surface area contributed by atoms with E-state index in [1.165, 1.54) is 0 Å². The third-order valence-corrected chi connectivity index (χ3v) is 2.01. The molecule has 0 aromatic carbocycles. The molecule has 3 nitrogen and oxygen atoms in total. The zero-order valence-corrected chi connectivity index (χ0v) is 8.85. The molecule has 3 N–H and O–H groups in total. The van der Waals surface area contributed by atoms with Gasteiger partial charge in [0.2, 0.25) is 0 Å². The Morgan fingerprint density at radius 3 is 2.43 bits per heavy atom. The average molecular weight is 200 g/mol. The Balaban J connectivity index is 4.36. The molecule has 0 aliphatic carbocycles. The lowest BCUT2D eigenvalue weighted by molar-refractivity contribution is 0.0302. The molecule has 0 rings (SSSR count). The van der Waals surface area contributed by atoms with E-state index in [-0.39, 0.29) is 6.61 Å². The smallest absolute Gasteiger partial charge is 0.103 e. The number of allylic oxidation sites excluding steroid dienone is 3. The van der Waals surface area contributed by atoms with E-state index in [9.17, 15) is 10.2 Å². The van der Waals surface area contributed by atoms with E-state index < -0.39 is 12.2 Å². The highest BCUT2D eigenvalue weighted by Gasteiger charge is 2.18. The predicted octanol–water partition coefficient (Wildman–Crippen LogP) is 1.00. The van der Waals surface area contributed by atoms with E-state index in [2.05, 4.69) is 0 Å². The molecule has 0 aromatic rings. The van der Waals surface area contributed by atoms with Gasteiger partial charge in [0.1, 0.15) is 6.10 Å². The standard InChI is InChI=1S/C11H20O3/c1-3-5-7-9(8-12)11(14)10(13)6-4-2/h3,5,7,10-14H,4,6,8H2,1-2H3/b5-3+,9-7-/t10-,11+/m0/s1. The summed E-state index contributed by atoms with van der Waals surface area (Å²) in [6.45, 7) is 3.55. The SMILES string of the molecule is C/C=C/C=C(/CO)[C@@H](O)[C@@H](O)CCC.